The van der Waals surface area contributed by atoms with Crippen LogP contribution in [0.2, 0.25) is 0 Å². The monoisotopic (exact) mass is 376 g/mol. The second kappa shape index (κ2) is 7.46. The van der Waals surface area contributed by atoms with E-state index in [2.05, 4.69) is 44.3 Å². The summed E-state index contributed by atoms with van der Waals surface area (Å²) >= 11 is 0. The second-order valence-corrected chi connectivity index (χ2v) is 7.43. The molecule has 3 heterocycles. The van der Waals surface area contributed by atoms with E-state index in [1.807, 2.05) is 6.07 Å². The normalized spacial score (nSPS) is 23.9. The van der Waals surface area contributed by atoms with Gasteiger partial charge >= 0.3 is 6.18 Å². The highest BCUT2D eigenvalue weighted by Gasteiger charge is 2.37. The highest BCUT2D eigenvalue weighted by atomic mass is 19.4. The van der Waals surface area contributed by atoms with E-state index in [0.717, 1.165) is 51.5 Å². The number of benzene rings is 1. The van der Waals surface area contributed by atoms with Crippen molar-refractivity contribution >= 4 is 5.82 Å². The quantitative estimate of drug-likeness (QED) is 0.811. The summed E-state index contributed by atoms with van der Waals surface area (Å²) in [5.41, 5.74) is 0.391. The van der Waals surface area contributed by atoms with E-state index >= 15 is 0 Å². The zero-order valence-corrected chi connectivity index (χ0v) is 15.1. The number of nitrogens with zero attached hydrogens (tertiary/aromatic N) is 4. The molecule has 2 aliphatic rings. The van der Waals surface area contributed by atoms with Crippen molar-refractivity contribution in [1.29, 1.82) is 0 Å². The number of aromatic nitrogens is 2. The lowest BCUT2D eigenvalue weighted by Crippen LogP contribution is -2.54. The minimum absolute atomic E-state index is 0.514. The molecule has 2 unspecified atom stereocenters. The van der Waals surface area contributed by atoms with Crippen LogP contribution in [0, 0.1) is 5.92 Å². The SMILES string of the molecule is FC(F)(F)c1ccc(N2CCC3C(CCCN3Cc3ccccc3)C2)nn1. The van der Waals surface area contributed by atoms with Gasteiger partial charge in [-0.15, -0.1) is 10.2 Å². The van der Waals surface area contributed by atoms with Crippen LogP contribution in [-0.2, 0) is 12.7 Å². The molecule has 2 fully saturated rings. The molecule has 0 amide bonds. The van der Waals surface area contributed by atoms with Crippen LogP contribution >= 0.6 is 0 Å². The summed E-state index contributed by atoms with van der Waals surface area (Å²) in [6, 6.07) is 13.5. The van der Waals surface area contributed by atoms with Gasteiger partial charge < -0.3 is 4.90 Å². The van der Waals surface area contributed by atoms with Gasteiger partial charge in [0.25, 0.3) is 0 Å². The Hall–Kier alpha value is -2.15. The molecule has 0 bridgehead atoms. The van der Waals surface area contributed by atoms with E-state index in [4.69, 9.17) is 0 Å². The third-order valence-corrected chi connectivity index (χ3v) is 5.68. The number of halogens is 3. The molecule has 2 saturated heterocycles. The van der Waals surface area contributed by atoms with Crippen molar-refractivity contribution in [3.63, 3.8) is 0 Å². The number of alkyl halides is 3. The maximum Gasteiger partial charge on any atom is 0.435 e. The van der Waals surface area contributed by atoms with Crippen molar-refractivity contribution in [2.24, 2.45) is 5.92 Å². The van der Waals surface area contributed by atoms with Crippen LogP contribution in [0.5, 0.6) is 0 Å². The third-order valence-electron chi connectivity index (χ3n) is 5.68. The summed E-state index contributed by atoms with van der Waals surface area (Å²) in [4.78, 5) is 4.65. The van der Waals surface area contributed by atoms with Gasteiger partial charge in [0.05, 0.1) is 0 Å². The van der Waals surface area contributed by atoms with Crippen molar-refractivity contribution in [1.82, 2.24) is 15.1 Å². The van der Waals surface area contributed by atoms with Crippen molar-refractivity contribution in [2.75, 3.05) is 24.5 Å². The molecule has 7 heteroatoms. The Labute approximate surface area is 157 Å². The van der Waals surface area contributed by atoms with Gasteiger partial charge in [-0.05, 0) is 49.4 Å². The minimum Gasteiger partial charge on any atom is -0.355 e. The summed E-state index contributed by atoms with van der Waals surface area (Å²) in [6.45, 7) is 3.70. The van der Waals surface area contributed by atoms with Crippen molar-refractivity contribution in [2.45, 2.75) is 38.0 Å². The summed E-state index contributed by atoms with van der Waals surface area (Å²) in [5.74, 6) is 1.06. The molecule has 1 aromatic heterocycles. The Morgan fingerprint density at radius 1 is 0.963 bits per heavy atom. The first-order valence-electron chi connectivity index (χ1n) is 9.44. The first-order chi connectivity index (χ1) is 13.0. The molecule has 27 heavy (non-hydrogen) atoms. The molecule has 0 aliphatic carbocycles. The average Bonchev–Trinajstić information content (AvgIpc) is 2.68. The maximum absolute atomic E-state index is 12.7. The lowest BCUT2D eigenvalue weighted by molar-refractivity contribution is -0.141. The van der Waals surface area contributed by atoms with E-state index in [9.17, 15) is 13.2 Å². The Bertz CT molecular complexity index is 748. The van der Waals surface area contributed by atoms with Crippen LogP contribution in [0.25, 0.3) is 0 Å². The smallest absolute Gasteiger partial charge is 0.355 e. The number of rotatable bonds is 3. The molecule has 0 spiro atoms. The molecule has 144 valence electrons. The van der Waals surface area contributed by atoms with Gasteiger partial charge in [-0.25, -0.2) is 0 Å². The first-order valence-corrected chi connectivity index (χ1v) is 9.44. The molecular weight excluding hydrogens is 353 g/mol. The molecule has 2 atom stereocenters. The van der Waals surface area contributed by atoms with E-state index in [-0.39, 0.29) is 0 Å². The van der Waals surface area contributed by atoms with Gasteiger partial charge in [0, 0.05) is 25.7 Å². The Kier molecular flexibility index (Phi) is 5.04. The van der Waals surface area contributed by atoms with Gasteiger partial charge in [-0.3, -0.25) is 4.90 Å². The highest BCUT2D eigenvalue weighted by molar-refractivity contribution is 5.38. The van der Waals surface area contributed by atoms with Crippen LogP contribution in [0.15, 0.2) is 42.5 Å². The van der Waals surface area contributed by atoms with Crippen molar-refractivity contribution in [3.05, 3.63) is 53.7 Å². The number of fused-ring (bicyclic) bond motifs is 1. The van der Waals surface area contributed by atoms with Gasteiger partial charge in [-0.1, -0.05) is 30.3 Å². The Morgan fingerprint density at radius 3 is 2.48 bits per heavy atom. The number of hydrogen-bond donors (Lipinski definition) is 0. The zero-order chi connectivity index (χ0) is 18.9. The summed E-state index contributed by atoms with van der Waals surface area (Å²) in [5, 5.41) is 7.21. The van der Waals surface area contributed by atoms with E-state index in [0.29, 0.717) is 17.8 Å². The van der Waals surface area contributed by atoms with E-state index in [1.165, 1.54) is 11.6 Å². The highest BCUT2D eigenvalue weighted by Crippen LogP contribution is 2.33. The number of anilines is 1. The van der Waals surface area contributed by atoms with Crippen molar-refractivity contribution in [3.8, 4) is 0 Å². The minimum atomic E-state index is -4.44. The van der Waals surface area contributed by atoms with Crippen LogP contribution in [-0.4, -0.2) is 40.8 Å². The fraction of sp³-hybridized carbons (Fsp3) is 0.500. The molecule has 0 saturated carbocycles. The Balaban J connectivity index is 1.42. The lowest BCUT2D eigenvalue weighted by Gasteiger charge is -2.47. The molecular formula is C20H23F3N4. The summed E-state index contributed by atoms with van der Waals surface area (Å²) < 4.78 is 38.1. The maximum atomic E-state index is 12.7. The molecule has 4 rings (SSSR count). The number of likely N-dealkylation sites (tertiary alicyclic amines) is 1. The molecule has 1 aromatic carbocycles. The molecule has 2 aliphatic heterocycles. The lowest BCUT2D eigenvalue weighted by atomic mass is 9.83. The van der Waals surface area contributed by atoms with Crippen LogP contribution in [0.3, 0.4) is 0 Å². The van der Waals surface area contributed by atoms with E-state index in [1.54, 1.807) is 0 Å². The van der Waals surface area contributed by atoms with E-state index < -0.39 is 11.9 Å². The van der Waals surface area contributed by atoms with Gasteiger partial charge in [0.2, 0.25) is 0 Å². The second-order valence-electron chi connectivity index (χ2n) is 7.43. The summed E-state index contributed by atoms with van der Waals surface area (Å²) in [6.07, 6.45) is -1.14. The fourth-order valence-electron chi connectivity index (χ4n) is 4.37. The standard InChI is InChI=1S/C20H23F3N4/c21-20(22,23)18-8-9-19(25-24-18)27-12-10-17-16(14-27)7-4-11-26(17)13-15-5-2-1-3-6-15/h1-3,5-6,8-9,16-17H,4,7,10-14H2. The molecule has 0 N–H and O–H groups in total. The predicted molar refractivity (Wildman–Crippen MR) is 97.2 cm³/mol. The third kappa shape index (κ3) is 4.08. The van der Waals surface area contributed by atoms with Crippen molar-refractivity contribution < 1.29 is 13.2 Å². The summed E-state index contributed by atoms with van der Waals surface area (Å²) in [7, 11) is 0. The van der Waals surface area contributed by atoms with Crippen LogP contribution < -0.4 is 4.90 Å². The zero-order valence-electron chi connectivity index (χ0n) is 15.1. The van der Waals surface area contributed by atoms with Gasteiger partial charge in [-0.2, -0.15) is 13.2 Å². The molecule has 4 nitrogen and oxygen atoms in total. The predicted octanol–water partition coefficient (Wildman–Crippen LogP) is 3.99. The number of hydrogen-bond acceptors (Lipinski definition) is 4. The molecule has 0 radical (unpaired) electrons. The van der Waals surface area contributed by atoms with Crippen LogP contribution in [0.4, 0.5) is 19.0 Å². The van der Waals surface area contributed by atoms with Gasteiger partial charge in [0.1, 0.15) is 0 Å². The largest absolute Gasteiger partial charge is 0.435 e. The topological polar surface area (TPSA) is 32.3 Å². The molecule has 2 aromatic rings. The first kappa shape index (κ1) is 18.2. The Morgan fingerprint density at radius 2 is 1.78 bits per heavy atom. The van der Waals surface area contributed by atoms with Gasteiger partial charge in [0.15, 0.2) is 11.5 Å². The average molecular weight is 376 g/mol. The number of piperidine rings is 2. The fourth-order valence-corrected chi connectivity index (χ4v) is 4.37. The van der Waals surface area contributed by atoms with Crippen LogP contribution in [0.1, 0.15) is 30.5 Å².